The van der Waals surface area contributed by atoms with E-state index in [0.717, 1.165) is 17.3 Å². The number of fused-ring (bicyclic) bond motifs is 1. The summed E-state index contributed by atoms with van der Waals surface area (Å²) in [5.41, 5.74) is -0.381. The number of hydrogen-bond acceptors (Lipinski definition) is 1. The van der Waals surface area contributed by atoms with Crippen molar-refractivity contribution < 1.29 is 9.50 Å². The van der Waals surface area contributed by atoms with Crippen LogP contribution in [0.3, 0.4) is 0 Å². The van der Waals surface area contributed by atoms with Gasteiger partial charge >= 0.3 is 0 Å². The average Bonchev–Trinajstić information content (AvgIpc) is 2.86. The first-order valence-electron chi connectivity index (χ1n) is 5.82. The van der Waals surface area contributed by atoms with Gasteiger partial charge in [0.25, 0.3) is 0 Å². The molecule has 86 valence electrons. The highest BCUT2D eigenvalue weighted by molar-refractivity contribution is 9.10. The average molecular weight is 285 g/mol. The fourth-order valence-electron chi connectivity index (χ4n) is 3.31. The summed E-state index contributed by atoms with van der Waals surface area (Å²) in [6.07, 6.45) is 4.41. The minimum absolute atomic E-state index is 0.286. The third kappa shape index (κ3) is 1.37. The maximum Gasteiger partial charge on any atom is 0.130 e. The molecule has 2 saturated carbocycles. The van der Waals surface area contributed by atoms with Crippen molar-refractivity contribution in [3.8, 4) is 0 Å². The van der Waals surface area contributed by atoms with Crippen LogP contribution in [0.5, 0.6) is 0 Å². The molecule has 3 rings (SSSR count). The Balaban J connectivity index is 1.98. The maximum absolute atomic E-state index is 13.8. The number of hydrogen-bond donors (Lipinski definition) is 1. The molecule has 0 heterocycles. The molecule has 1 aromatic carbocycles. The zero-order chi connectivity index (χ0) is 11.3. The van der Waals surface area contributed by atoms with Crippen molar-refractivity contribution in [3.05, 3.63) is 34.1 Å². The van der Waals surface area contributed by atoms with Gasteiger partial charge in [-0.15, -0.1) is 0 Å². The minimum Gasteiger partial charge on any atom is -0.384 e. The van der Waals surface area contributed by atoms with Crippen molar-refractivity contribution in [2.75, 3.05) is 0 Å². The molecule has 0 aliphatic heterocycles. The second-order valence-electron chi connectivity index (χ2n) is 4.95. The standard InChI is InChI=1S/C13H14BrFO/c14-8-5-6-11(12(15)7-8)13(16)9-3-1-2-4-10(9)13/h5-7,9-10,16H,1-4H2. The highest BCUT2D eigenvalue weighted by Gasteiger charge is 2.65. The monoisotopic (exact) mass is 284 g/mol. The molecule has 3 heteroatoms. The van der Waals surface area contributed by atoms with Crippen molar-refractivity contribution in [1.29, 1.82) is 0 Å². The van der Waals surface area contributed by atoms with E-state index in [1.165, 1.54) is 18.9 Å². The molecule has 16 heavy (non-hydrogen) atoms. The molecule has 2 aliphatic rings. The minimum atomic E-state index is -0.874. The fourth-order valence-corrected chi connectivity index (χ4v) is 3.64. The molecular formula is C13H14BrFO. The number of aliphatic hydroxyl groups is 1. The predicted molar refractivity (Wildman–Crippen MR) is 63.4 cm³/mol. The van der Waals surface area contributed by atoms with Crippen LogP contribution in [-0.4, -0.2) is 5.11 Å². The molecule has 0 bridgehead atoms. The molecule has 2 unspecified atom stereocenters. The van der Waals surface area contributed by atoms with Gasteiger partial charge in [-0.25, -0.2) is 4.39 Å². The third-order valence-corrected chi connectivity index (χ3v) is 4.64. The zero-order valence-electron chi connectivity index (χ0n) is 8.92. The van der Waals surface area contributed by atoms with Gasteiger partial charge in [0.15, 0.2) is 0 Å². The van der Waals surface area contributed by atoms with Crippen LogP contribution in [0.4, 0.5) is 4.39 Å². The first-order chi connectivity index (χ1) is 7.64. The van der Waals surface area contributed by atoms with Gasteiger partial charge in [-0.05, 0) is 36.8 Å². The van der Waals surface area contributed by atoms with Crippen LogP contribution in [0.15, 0.2) is 22.7 Å². The van der Waals surface area contributed by atoms with E-state index in [1.54, 1.807) is 12.1 Å². The Hall–Kier alpha value is -0.410. The van der Waals surface area contributed by atoms with Crippen LogP contribution in [0.25, 0.3) is 0 Å². The molecule has 0 saturated heterocycles. The summed E-state index contributed by atoms with van der Waals surface area (Å²) in [5, 5.41) is 10.6. The van der Waals surface area contributed by atoms with Crippen LogP contribution in [0.1, 0.15) is 31.2 Å². The normalized spacial score (nSPS) is 36.9. The molecular weight excluding hydrogens is 271 g/mol. The summed E-state index contributed by atoms with van der Waals surface area (Å²) < 4.78 is 14.6. The molecule has 1 nitrogen and oxygen atoms in total. The Morgan fingerprint density at radius 3 is 2.44 bits per heavy atom. The SMILES string of the molecule is OC1(c2ccc(Br)cc2F)C2CCCCC21. The molecule has 0 aromatic heterocycles. The second kappa shape index (κ2) is 3.54. The van der Waals surface area contributed by atoms with E-state index >= 15 is 0 Å². The molecule has 1 aromatic rings. The van der Waals surface area contributed by atoms with Gasteiger partial charge < -0.3 is 5.11 Å². The molecule has 2 aliphatic carbocycles. The van der Waals surface area contributed by atoms with Gasteiger partial charge in [0, 0.05) is 10.0 Å². The van der Waals surface area contributed by atoms with Crippen molar-refractivity contribution >= 4 is 15.9 Å². The molecule has 0 spiro atoms. The molecule has 0 radical (unpaired) electrons. The lowest BCUT2D eigenvalue weighted by molar-refractivity contribution is 0.113. The van der Waals surface area contributed by atoms with E-state index in [4.69, 9.17) is 0 Å². The summed E-state index contributed by atoms with van der Waals surface area (Å²) in [6, 6.07) is 4.97. The third-order valence-electron chi connectivity index (χ3n) is 4.15. The maximum atomic E-state index is 13.8. The zero-order valence-corrected chi connectivity index (χ0v) is 10.5. The first kappa shape index (κ1) is 10.7. The summed E-state index contributed by atoms with van der Waals surface area (Å²) in [4.78, 5) is 0. The van der Waals surface area contributed by atoms with Gasteiger partial charge in [-0.1, -0.05) is 34.8 Å². The molecule has 2 atom stereocenters. The Morgan fingerprint density at radius 2 is 1.88 bits per heavy atom. The second-order valence-corrected chi connectivity index (χ2v) is 5.86. The molecule has 1 N–H and O–H groups in total. The summed E-state index contributed by atoms with van der Waals surface area (Å²) >= 11 is 3.24. The van der Waals surface area contributed by atoms with Crippen LogP contribution in [0.2, 0.25) is 0 Å². The lowest BCUT2D eigenvalue weighted by Gasteiger charge is -2.12. The van der Waals surface area contributed by atoms with E-state index in [-0.39, 0.29) is 17.7 Å². The predicted octanol–water partition coefficient (Wildman–Crippen LogP) is 3.60. The molecule has 0 amide bonds. The van der Waals surface area contributed by atoms with Crippen molar-refractivity contribution in [3.63, 3.8) is 0 Å². The topological polar surface area (TPSA) is 20.2 Å². The van der Waals surface area contributed by atoms with E-state index in [2.05, 4.69) is 15.9 Å². The lowest BCUT2D eigenvalue weighted by atomic mass is 10.0. The van der Waals surface area contributed by atoms with Gasteiger partial charge in [0.1, 0.15) is 5.82 Å². The van der Waals surface area contributed by atoms with Crippen LogP contribution >= 0.6 is 15.9 Å². The van der Waals surface area contributed by atoms with Crippen LogP contribution < -0.4 is 0 Å². The molecule has 2 fully saturated rings. The van der Waals surface area contributed by atoms with Gasteiger partial charge in [-0.3, -0.25) is 0 Å². The highest BCUT2D eigenvalue weighted by atomic mass is 79.9. The Kier molecular flexibility index (Phi) is 2.37. The number of halogens is 2. The van der Waals surface area contributed by atoms with Crippen molar-refractivity contribution in [2.45, 2.75) is 31.3 Å². The van der Waals surface area contributed by atoms with Gasteiger partial charge in [0.2, 0.25) is 0 Å². The number of benzene rings is 1. The quantitative estimate of drug-likeness (QED) is 0.836. The Bertz CT molecular complexity index is 420. The largest absolute Gasteiger partial charge is 0.384 e. The van der Waals surface area contributed by atoms with Crippen LogP contribution in [0, 0.1) is 17.7 Å². The van der Waals surface area contributed by atoms with Crippen LogP contribution in [-0.2, 0) is 5.60 Å². The van der Waals surface area contributed by atoms with Gasteiger partial charge in [-0.2, -0.15) is 0 Å². The lowest BCUT2D eigenvalue weighted by Crippen LogP contribution is -2.12. The van der Waals surface area contributed by atoms with E-state index in [1.807, 2.05) is 0 Å². The Morgan fingerprint density at radius 1 is 1.25 bits per heavy atom. The highest BCUT2D eigenvalue weighted by Crippen LogP contribution is 2.64. The van der Waals surface area contributed by atoms with E-state index in [0.29, 0.717) is 5.56 Å². The summed E-state index contributed by atoms with van der Waals surface area (Å²) in [6.45, 7) is 0. The summed E-state index contributed by atoms with van der Waals surface area (Å²) in [5.74, 6) is 0.292. The van der Waals surface area contributed by atoms with E-state index < -0.39 is 5.60 Å². The van der Waals surface area contributed by atoms with Gasteiger partial charge in [0.05, 0.1) is 5.60 Å². The Labute approximate surface area is 103 Å². The number of rotatable bonds is 1. The fraction of sp³-hybridized carbons (Fsp3) is 0.538. The smallest absolute Gasteiger partial charge is 0.130 e. The van der Waals surface area contributed by atoms with E-state index in [9.17, 15) is 9.50 Å². The van der Waals surface area contributed by atoms with Crippen molar-refractivity contribution in [2.24, 2.45) is 11.8 Å². The van der Waals surface area contributed by atoms with Crippen molar-refractivity contribution in [1.82, 2.24) is 0 Å². The first-order valence-corrected chi connectivity index (χ1v) is 6.61. The summed E-state index contributed by atoms with van der Waals surface area (Å²) in [7, 11) is 0.